The Bertz CT molecular complexity index is 1910. The largest absolute Gasteiger partial charge is 0.172 e. The number of hydrogen-bond donors (Lipinski definition) is 0. The van der Waals surface area contributed by atoms with Crippen LogP contribution >= 0.6 is 0 Å². The second kappa shape index (κ2) is 16.6. The highest BCUT2D eigenvalue weighted by molar-refractivity contribution is 7.97. The molecule has 0 heterocycles. The maximum Gasteiger partial charge on any atom is 0.172 e. The molecule has 0 bridgehead atoms. The normalized spacial score (nSPS) is 12.1. The lowest BCUT2D eigenvalue weighted by atomic mass is 9.87. The molecule has 0 fully saturated rings. The predicted molar refractivity (Wildman–Crippen MR) is 233 cm³/mol. The fraction of sp³-hybridized carbons (Fsp3) is 0.294. The Labute approximate surface area is 327 Å². The maximum atomic E-state index is 2.36. The SMILES string of the molecule is CC(C)(C)c1ccccc1[S+](c1ccccc1C(C)(C)C)c1ccccc1C(C)(C)C.Cc1cc(C)c([S+](c2ccccc2)c2ccccc2)c(C)c1. The van der Waals surface area contributed by atoms with E-state index in [-0.39, 0.29) is 38.0 Å². The van der Waals surface area contributed by atoms with Crippen molar-refractivity contribution in [3.63, 3.8) is 0 Å². The second-order valence-electron chi connectivity index (χ2n) is 17.2. The zero-order chi connectivity index (χ0) is 38.6. The highest BCUT2D eigenvalue weighted by atomic mass is 32.2. The van der Waals surface area contributed by atoms with Crippen LogP contribution in [0.25, 0.3) is 0 Å². The van der Waals surface area contributed by atoms with Crippen molar-refractivity contribution < 1.29 is 0 Å². The highest BCUT2D eigenvalue weighted by Gasteiger charge is 2.40. The van der Waals surface area contributed by atoms with Crippen molar-refractivity contribution in [3.8, 4) is 0 Å². The fourth-order valence-electron chi connectivity index (χ4n) is 7.12. The molecule has 0 amide bonds. The third kappa shape index (κ3) is 9.58. The quantitative estimate of drug-likeness (QED) is 0.149. The van der Waals surface area contributed by atoms with E-state index in [0.29, 0.717) is 0 Å². The summed E-state index contributed by atoms with van der Waals surface area (Å²) in [4.78, 5) is 8.56. The minimum Gasteiger partial charge on any atom is -0.0619 e. The van der Waals surface area contributed by atoms with Gasteiger partial charge in [-0.05, 0) is 79.5 Å². The van der Waals surface area contributed by atoms with Gasteiger partial charge in [0.2, 0.25) is 0 Å². The molecule has 0 aliphatic carbocycles. The van der Waals surface area contributed by atoms with Crippen LogP contribution in [-0.4, -0.2) is 0 Å². The molecule has 6 aromatic rings. The average molecular weight is 737 g/mol. The van der Waals surface area contributed by atoms with Crippen LogP contribution in [0.1, 0.15) is 95.7 Å². The number of hydrogen-bond acceptors (Lipinski definition) is 0. The summed E-state index contributed by atoms with van der Waals surface area (Å²) in [6.45, 7) is 27.6. The number of aryl methyl sites for hydroxylation is 3. The van der Waals surface area contributed by atoms with Crippen LogP contribution in [0.5, 0.6) is 0 Å². The Kier molecular flexibility index (Phi) is 12.6. The standard InChI is InChI=1S/C30H39S.C21H21S/c1-28(2,3)22-16-10-13-19-25(22)31(26-20-14-11-17-23(26)29(4,5)6)27-21-15-12-18-24(27)30(7,8)9;1-16-14-17(2)21(18(3)15-16)22(19-10-6-4-7-11-19)20-12-8-5-9-13-20/h10-21H,1-9H3;4-15H,1-3H3/q2*+1. The van der Waals surface area contributed by atoms with Crippen LogP contribution in [0.2, 0.25) is 0 Å². The molecular weight excluding hydrogens is 677 g/mol. The van der Waals surface area contributed by atoms with E-state index in [1.54, 1.807) is 0 Å². The van der Waals surface area contributed by atoms with Crippen LogP contribution < -0.4 is 0 Å². The molecule has 0 aliphatic heterocycles. The van der Waals surface area contributed by atoms with Crippen LogP contribution in [0, 0.1) is 20.8 Å². The third-order valence-electron chi connectivity index (χ3n) is 9.51. The second-order valence-corrected chi connectivity index (χ2v) is 21.1. The predicted octanol–water partition coefficient (Wildman–Crippen LogP) is 14.4. The number of rotatable bonds is 6. The van der Waals surface area contributed by atoms with E-state index in [1.165, 1.54) is 62.8 Å². The molecule has 274 valence electrons. The zero-order valence-corrected chi connectivity index (χ0v) is 35.8. The maximum absolute atomic E-state index is 2.36. The Morgan fingerprint density at radius 3 is 0.925 bits per heavy atom. The van der Waals surface area contributed by atoms with Gasteiger partial charge in [0, 0.05) is 27.8 Å². The Morgan fingerprint density at radius 2 is 0.623 bits per heavy atom. The van der Waals surface area contributed by atoms with Crippen molar-refractivity contribution in [3.05, 3.63) is 179 Å². The molecule has 0 atom stereocenters. The summed E-state index contributed by atoms with van der Waals surface area (Å²) in [5.41, 5.74) is 8.65. The summed E-state index contributed by atoms with van der Waals surface area (Å²) in [5, 5.41) is 0. The highest BCUT2D eigenvalue weighted by Crippen LogP contribution is 2.44. The Hall–Kier alpha value is -3.98. The molecule has 6 aromatic carbocycles. The van der Waals surface area contributed by atoms with Gasteiger partial charge in [-0.3, -0.25) is 0 Å². The minimum atomic E-state index is -0.189. The van der Waals surface area contributed by atoms with Gasteiger partial charge in [-0.25, -0.2) is 0 Å². The lowest BCUT2D eigenvalue weighted by Crippen LogP contribution is -2.23. The molecule has 2 heteroatoms. The van der Waals surface area contributed by atoms with Gasteiger partial charge < -0.3 is 0 Å². The molecule has 0 aromatic heterocycles. The topological polar surface area (TPSA) is 0 Å². The van der Waals surface area contributed by atoms with Crippen molar-refractivity contribution in [1.82, 2.24) is 0 Å². The lowest BCUT2D eigenvalue weighted by Gasteiger charge is -2.28. The zero-order valence-electron chi connectivity index (χ0n) is 34.2. The van der Waals surface area contributed by atoms with Crippen molar-refractivity contribution in [1.29, 1.82) is 0 Å². The van der Waals surface area contributed by atoms with Gasteiger partial charge in [-0.2, -0.15) is 0 Å². The number of benzene rings is 6. The Morgan fingerprint density at radius 1 is 0.340 bits per heavy atom. The summed E-state index contributed by atoms with van der Waals surface area (Å²) in [5.74, 6) is 0. The summed E-state index contributed by atoms with van der Waals surface area (Å²) in [6.07, 6.45) is 0. The van der Waals surface area contributed by atoms with Crippen LogP contribution in [0.3, 0.4) is 0 Å². The van der Waals surface area contributed by atoms with Gasteiger partial charge in [-0.1, -0.05) is 171 Å². The van der Waals surface area contributed by atoms with Gasteiger partial charge in [0.15, 0.2) is 29.4 Å². The van der Waals surface area contributed by atoms with Gasteiger partial charge in [-0.15, -0.1) is 0 Å². The average Bonchev–Trinajstić information content (AvgIpc) is 3.10. The summed E-state index contributed by atoms with van der Waals surface area (Å²) < 4.78 is 0. The first-order valence-electron chi connectivity index (χ1n) is 18.9. The summed E-state index contributed by atoms with van der Waals surface area (Å²) in [6, 6.07) is 53.6. The molecule has 0 spiro atoms. The van der Waals surface area contributed by atoms with Crippen molar-refractivity contribution >= 4 is 21.8 Å². The van der Waals surface area contributed by atoms with Gasteiger partial charge >= 0.3 is 0 Å². The van der Waals surface area contributed by atoms with Crippen LogP contribution in [0.15, 0.2) is 175 Å². The summed E-state index contributed by atoms with van der Waals surface area (Å²) in [7, 11) is -0.235. The first-order chi connectivity index (χ1) is 25.0. The first kappa shape index (κ1) is 40.2. The van der Waals surface area contributed by atoms with Crippen LogP contribution in [0.4, 0.5) is 0 Å². The van der Waals surface area contributed by atoms with Gasteiger partial charge in [0.25, 0.3) is 0 Å². The molecule has 0 radical (unpaired) electrons. The molecule has 53 heavy (non-hydrogen) atoms. The first-order valence-corrected chi connectivity index (χ1v) is 21.4. The van der Waals surface area contributed by atoms with E-state index in [1.807, 2.05) is 0 Å². The molecule has 0 saturated carbocycles. The Balaban J connectivity index is 0.000000216. The van der Waals surface area contributed by atoms with E-state index in [0.717, 1.165) is 0 Å². The van der Waals surface area contributed by atoms with E-state index >= 15 is 0 Å². The summed E-state index contributed by atoms with van der Waals surface area (Å²) >= 11 is 0. The molecule has 0 saturated heterocycles. The van der Waals surface area contributed by atoms with Crippen molar-refractivity contribution in [2.45, 2.75) is 129 Å². The van der Waals surface area contributed by atoms with Gasteiger partial charge in [0.1, 0.15) is 10.9 Å². The monoisotopic (exact) mass is 736 g/mol. The van der Waals surface area contributed by atoms with Gasteiger partial charge in [0.05, 0.1) is 10.9 Å². The molecule has 6 rings (SSSR count). The van der Waals surface area contributed by atoms with E-state index in [2.05, 4.69) is 229 Å². The van der Waals surface area contributed by atoms with Crippen molar-refractivity contribution in [2.24, 2.45) is 0 Å². The van der Waals surface area contributed by atoms with Crippen molar-refractivity contribution in [2.75, 3.05) is 0 Å². The molecule has 0 aliphatic rings. The lowest BCUT2D eigenvalue weighted by molar-refractivity contribution is 0.570. The third-order valence-corrected chi connectivity index (χ3v) is 14.4. The van der Waals surface area contributed by atoms with E-state index in [4.69, 9.17) is 0 Å². The van der Waals surface area contributed by atoms with E-state index in [9.17, 15) is 0 Å². The van der Waals surface area contributed by atoms with Crippen LogP contribution in [-0.2, 0) is 38.0 Å². The van der Waals surface area contributed by atoms with E-state index < -0.39 is 0 Å². The molecular formula is C51H60S2+2. The molecule has 0 N–H and O–H groups in total. The fourth-order valence-corrected chi connectivity index (χ4v) is 12.6. The molecule has 0 unspecified atom stereocenters. The smallest absolute Gasteiger partial charge is 0.0619 e. The minimum absolute atomic E-state index is 0.0460. The molecule has 0 nitrogen and oxygen atoms in total.